The molecule has 1 aromatic carbocycles. The van der Waals surface area contributed by atoms with Gasteiger partial charge < -0.3 is 15.1 Å². The second-order valence-electron chi connectivity index (χ2n) is 6.72. The fourth-order valence-electron chi connectivity index (χ4n) is 3.24. The van der Waals surface area contributed by atoms with Gasteiger partial charge in [0.05, 0.1) is 6.20 Å². The van der Waals surface area contributed by atoms with Crippen molar-refractivity contribution in [3.63, 3.8) is 0 Å². The van der Waals surface area contributed by atoms with Crippen LogP contribution in [0, 0.1) is 0 Å². The van der Waals surface area contributed by atoms with Crippen molar-refractivity contribution in [1.29, 1.82) is 0 Å². The summed E-state index contributed by atoms with van der Waals surface area (Å²) in [6.45, 7) is 2.46. The Morgan fingerprint density at radius 1 is 1.32 bits per heavy atom. The van der Waals surface area contributed by atoms with Crippen LogP contribution in [-0.2, 0) is 6.54 Å². The van der Waals surface area contributed by atoms with E-state index in [-0.39, 0.29) is 11.9 Å². The quantitative estimate of drug-likeness (QED) is 0.902. The first-order valence-electron chi connectivity index (χ1n) is 8.68. The van der Waals surface area contributed by atoms with Gasteiger partial charge in [-0.15, -0.1) is 0 Å². The Balaban J connectivity index is 1.67. The number of carbonyl (C=O) groups excluding carboxylic acids is 1. The van der Waals surface area contributed by atoms with Crippen LogP contribution in [0.15, 0.2) is 42.9 Å². The lowest BCUT2D eigenvalue weighted by atomic mass is 10.0. The molecule has 2 heterocycles. The molecule has 0 spiro atoms. The van der Waals surface area contributed by atoms with E-state index in [0.717, 1.165) is 49.4 Å². The lowest BCUT2D eigenvalue weighted by Crippen LogP contribution is -2.48. The molecule has 6 heteroatoms. The zero-order chi connectivity index (χ0) is 17.6. The smallest absolute Gasteiger partial charge is 0.251 e. The van der Waals surface area contributed by atoms with Crippen LogP contribution in [0.1, 0.15) is 28.8 Å². The van der Waals surface area contributed by atoms with Crippen LogP contribution in [0.4, 0.5) is 5.82 Å². The summed E-state index contributed by atoms with van der Waals surface area (Å²) >= 11 is 0. The van der Waals surface area contributed by atoms with E-state index in [4.69, 9.17) is 0 Å². The Morgan fingerprint density at radius 3 is 2.92 bits per heavy atom. The summed E-state index contributed by atoms with van der Waals surface area (Å²) < 4.78 is 0. The molecule has 0 bridgehead atoms. The van der Waals surface area contributed by atoms with Crippen LogP contribution in [0.2, 0.25) is 0 Å². The molecule has 0 radical (unpaired) electrons. The Morgan fingerprint density at radius 2 is 2.16 bits per heavy atom. The highest BCUT2D eigenvalue weighted by atomic mass is 16.1. The first-order chi connectivity index (χ1) is 12.1. The van der Waals surface area contributed by atoms with E-state index < -0.39 is 0 Å². The number of aromatic nitrogens is 2. The molecule has 0 unspecified atom stereocenters. The maximum Gasteiger partial charge on any atom is 0.251 e. The van der Waals surface area contributed by atoms with Crippen molar-refractivity contribution in [2.24, 2.45) is 0 Å². The number of nitrogens with one attached hydrogen (secondary N) is 1. The SMILES string of the molecule is CN(C)Cc1ccccc1C(=O)N[C@@H]1CCCN(c2cnccn2)C1. The monoisotopic (exact) mass is 339 g/mol. The summed E-state index contributed by atoms with van der Waals surface area (Å²) in [5, 5.41) is 3.20. The summed E-state index contributed by atoms with van der Waals surface area (Å²) in [7, 11) is 4.02. The van der Waals surface area contributed by atoms with Crippen molar-refractivity contribution in [2.75, 3.05) is 32.1 Å². The van der Waals surface area contributed by atoms with Gasteiger partial charge in [-0.05, 0) is 38.6 Å². The molecular weight excluding hydrogens is 314 g/mol. The summed E-state index contributed by atoms with van der Waals surface area (Å²) in [5.41, 5.74) is 1.81. The third-order valence-electron chi connectivity index (χ3n) is 4.38. The number of nitrogens with zero attached hydrogens (tertiary/aromatic N) is 4. The van der Waals surface area contributed by atoms with Gasteiger partial charge in [-0.3, -0.25) is 9.78 Å². The number of rotatable bonds is 5. The van der Waals surface area contributed by atoms with Gasteiger partial charge in [0.15, 0.2) is 0 Å². The first-order valence-corrected chi connectivity index (χ1v) is 8.68. The molecule has 1 aliphatic rings. The minimum atomic E-state index is 0.00319. The molecule has 3 rings (SSSR count). The van der Waals surface area contributed by atoms with Crippen LogP contribution in [0.5, 0.6) is 0 Å². The van der Waals surface area contributed by atoms with Gasteiger partial charge >= 0.3 is 0 Å². The highest BCUT2D eigenvalue weighted by molar-refractivity contribution is 5.95. The molecule has 132 valence electrons. The predicted molar refractivity (Wildman–Crippen MR) is 98.6 cm³/mol. The van der Waals surface area contributed by atoms with Crippen molar-refractivity contribution in [3.05, 3.63) is 54.0 Å². The van der Waals surface area contributed by atoms with Crippen LogP contribution in [0.3, 0.4) is 0 Å². The molecule has 25 heavy (non-hydrogen) atoms. The zero-order valence-electron chi connectivity index (χ0n) is 14.9. The number of amides is 1. The molecule has 1 fully saturated rings. The van der Waals surface area contributed by atoms with Crippen LogP contribution >= 0.6 is 0 Å². The van der Waals surface area contributed by atoms with Gasteiger partial charge in [-0.2, -0.15) is 0 Å². The highest BCUT2D eigenvalue weighted by Crippen LogP contribution is 2.17. The standard InChI is InChI=1S/C19H25N5O/c1-23(2)13-15-6-3-4-8-17(15)19(25)22-16-7-5-11-24(14-16)18-12-20-9-10-21-18/h3-4,6,8-10,12,16H,5,7,11,13-14H2,1-2H3,(H,22,25)/t16-/m1/s1. The summed E-state index contributed by atoms with van der Waals surface area (Å²) in [6, 6.07) is 7.93. The fourth-order valence-corrected chi connectivity index (χ4v) is 3.24. The minimum Gasteiger partial charge on any atom is -0.353 e. The molecule has 1 saturated heterocycles. The number of carbonyl (C=O) groups is 1. The van der Waals surface area contributed by atoms with Crippen molar-refractivity contribution < 1.29 is 4.79 Å². The van der Waals surface area contributed by atoms with E-state index >= 15 is 0 Å². The first kappa shape index (κ1) is 17.4. The van der Waals surface area contributed by atoms with E-state index in [1.165, 1.54) is 0 Å². The van der Waals surface area contributed by atoms with Crippen LogP contribution in [-0.4, -0.2) is 54.0 Å². The molecule has 6 nitrogen and oxygen atoms in total. The Labute approximate surface area is 148 Å². The van der Waals surface area contributed by atoms with Gasteiger partial charge in [0.2, 0.25) is 0 Å². The number of piperidine rings is 1. The molecule has 1 aromatic heterocycles. The largest absolute Gasteiger partial charge is 0.353 e. The lowest BCUT2D eigenvalue weighted by molar-refractivity contribution is 0.0931. The molecule has 1 aliphatic heterocycles. The molecular formula is C19H25N5O. The van der Waals surface area contributed by atoms with Crippen molar-refractivity contribution in [1.82, 2.24) is 20.2 Å². The van der Waals surface area contributed by atoms with Gasteiger partial charge in [-0.25, -0.2) is 4.98 Å². The van der Waals surface area contributed by atoms with Crippen molar-refractivity contribution >= 4 is 11.7 Å². The Kier molecular flexibility index (Phi) is 5.60. The Bertz CT molecular complexity index is 704. The zero-order valence-corrected chi connectivity index (χ0v) is 14.9. The molecule has 1 atom stereocenters. The number of hydrogen-bond donors (Lipinski definition) is 1. The number of benzene rings is 1. The maximum absolute atomic E-state index is 12.8. The lowest BCUT2D eigenvalue weighted by Gasteiger charge is -2.33. The molecule has 1 amide bonds. The van der Waals surface area contributed by atoms with Crippen molar-refractivity contribution in [3.8, 4) is 0 Å². The molecule has 0 aliphatic carbocycles. The summed E-state index contributed by atoms with van der Waals surface area (Å²) in [4.78, 5) is 25.5. The third-order valence-corrected chi connectivity index (χ3v) is 4.38. The van der Waals surface area contributed by atoms with E-state index in [9.17, 15) is 4.79 Å². The second kappa shape index (κ2) is 8.07. The van der Waals surface area contributed by atoms with Crippen LogP contribution in [0.25, 0.3) is 0 Å². The second-order valence-corrected chi connectivity index (χ2v) is 6.72. The summed E-state index contributed by atoms with van der Waals surface area (Å²) in [6.07, 6.45) is 7.17. The van der Waals surface area contributed by atoms with Gasteiger partial charge in [0.1, 0.15) is 5.82 Å². The van der Waals surface area contributed by atoms with Crippen LogP contribution < -0.4 is 10.2 Å². The highest BCUT2D eigenvalue weighted by Gasteiger charge is 2.23. The number of anilines is 1. The van der Waals surface area contributed by atoms with E-state index in [1.54, 1.807) is 18.6 Å². The normalized spacial score (nSPS) is 17.6. The van der Waals surface area contributed by atoms with E-state index in [2.05, 4.69) is 25.1 Å². The van der Waals surface area contributed by atoms with Gasteiger partial charge in [0, 0.05) is 43.6 Å². The Hall–Kier alpha value is -2.47. The summed E-state index contributed by atoms with van der Waals surface area (Å²) in [5.74, 6) is 0.873. The molecule has 0 saturated carbocycles. The molecule has 1 N–H and O–H groups in total. The third kappa shape index (κ3) is 4.54. The average Bonchev–Trinajstić information content (AvgIpc) is 2.62. The number of hydrogen-bond acceptors (Lipinski definition) is 5. The van der Waals surface area contributed by atoms with E-state index in [1.807, 2.05) is 38.4 Å². The molecule has 2 aromatic rings. The maximum atomic E-state index is 12.8. The van der Waals surface area contributed by atoms with E-state index in [0.29, 0.717) is 0 Å². The average molecular weight is 339 g/mol. The fraction of sp³-hybridized carbons (Fsp3) is 0.421. The van der Waals surface area contributed by atoms with Crippen molar-refractivity contribution in [2.45, 2.75) is 25.4 Å². The predicted octanol–water partition coefficient (Wildman–Crippen LogP) is 1.94. The van der Waals surface area contributed by atoms with Gasteiger partial charge in [-0.1, -0.05) is 18.2 Å². The van der Waals surface area contributed by atoms with Gasteiger partial charge in [0.25, 0.3) is 5.91 Å². The minimum absolute atomic E-state index is 0.00319. The topological polar surface area (TPSA) is 61.4 Å².